The van der Waals surface area contributed by atoms with Crippen LogP contribution in [0.2, 0.25) is 0 Å². The van der Waals surface area contributed by atoms with Crippen LogP contribution in [-0.2, 0) is 11.3 Å². The van der Waals surface area contributed by atoms with Crippen LogP contribution in [0.3, 0.4) is 0 Å². The van der Waals surface area contributed by atoms with E-state index in [0.29, 0.717) is 29.3 Å². The summed E-state index contributed by atoms with van der Waals surface area (Å²) in [6.45, 7) is 0.320. The fourth-order valence-corrected chi connectivity index (χ4v) is 2.15. The highest BCUT2D eigenvalue weighted by molar-refractivity contribution is 5.90. The van der Waals surface area contributed by atoms with Crippen molar-refractivity contribution in [3.8, 4) is 11.5 Å². The molecular formula is C18H20N2O5. The normalized spacial score (nSPS) is 9.88. The van der Waals surface area contributed by atoms with Crippen molar-refractivity contribution in [2.45, 2.75) is 6.54 Å². The number of amides is 2. The number of rotatable bonds is 6. The molecule has 2 N–H and O–H groups in total. The first-order valence-corrected chi connectivity index (χ1v) is 7.51. The second-order valence-corrected chi connectivity index (χ2v) is 5.07. The molecule has 0 unspecified atom stereocenters. The Morgan fingerprint density at radius 2 is 1.60 bits per heavy atom. The van der Waals surface area contributed by atoms with Gasteiger partial charge in [0.15, 0.2) is 11.5 Å². The van der Waals surface area contributed by atoms with Gasteiger partial charge in [-0.15, -0.1) is 0 Å². The monoisotopic (exact) mass is 344 g/mol. The summed E-state index contributed by atoms with van der Waals surface area (Å²) in [7, 11) is 4.40. The van der Waals surface area contributed by atoms with Crippen molar-refractivity contribution in [2.24, 2.45) is 0 Å². The number of ether oxygens (including phenoxy) is 3. The molecule has 0 aliphatic heterocycles. The third-order valence-corrected chi connectivity index (χ3v) is 3.47. The molecular weight excluding hydrogens is 324 g/mol. The highest BCUT2D eigenvalue weighted by Gasteiger charge is 2.08. The van der Waals surface area contributed by atoms with Crippen LogP contribution in [0.25, 0.3) is 0 Å². The number of esters is 1. The lowest BCUT2D eigenvalue weighted by atomic mass is 10.1. The van der Waals surface area contributed by atoms with Gasteiger partial charge in [0.25, 0.3) is 0 Å². The molecule has 0 radical (unpaired) electrons. The molecule has 0 aliphatic carbocycles. The van der Waals surface area contributed by atoms with E-state index in [1.54, 1.807) is 49.6 Å². The van der Waals surface area contributed by atoms with Gasteiger partial charge in [0.1, 0.15) is 0 Å². The van der Waals surface area contributed by atoms with Gasteiger partial charge in [0, 0.05) is 18.3 Å². The van der Waals surface area contributed by atoms with Crippen LogP contribution in [0.15, 0.2) is 42.5 Å². The van der Waals surface area contributed by atoms with Crippen LogP contribution in [0, 0.1) is 0 Å². The molecule has 0 bridgehead atoms. The maximum atomic E-state index is 12.0. The molecule has 2 rings (SSSR count). The molecule has 0 heterocycles. The van der Waals surface area contributed by atoms with Gasteiger partial charge >= 0.3 is 12.0 Å². The number of nitrogens with one attached hydrogen (secondary N) is 2. The molecule has 2 aromatic carbocycles. The van der Waals surface area contributed by atoms with Crippen LogP contribution < -0.4 is 20.1 Å². The minimum Gasteiger partial charge on any atom is -0.493 e. The first-order valence-electron chi connectivity index (χ1n) is 7.51. The van der Waals surface area contributed by atoms with E-state index in [2.05, 4.69) is 15.4 Å². The number of methoxy groups -OCH3 is 3. The number of benzene rings is 2. The van der Waals surface area contributed by atoms with Crippen molar-refractivity contribution < 1.29 is 23.8 Å². The average Bonchev–Trinajstić information content (AvgIpc) is 2.66. The first-order chi connectivity index (χ1) is 12.1. The van der Waals surface area contributed by atoms with Gasteiger partial charge in [-0.1, -0.05) is 12.1 Å². The van der Waals surface area contributed by atoms with Crippen LogP contribution in [0.1, 0.15) is 15.9 Å². The molecule has 0 atom stereocenters. The number of hydrogen-bond acceptors (Lipinski definition) is 5. The summed E-state index contributed by atoms with van der Waals surface area (Å²) in [5.41, 5.74) is 1.90. The molecule has 0 aromatic heterocycles. The Labute approximate surface area is 145 Å². The quantitative estimate of drug-likeness (QED) is 0.787. The number of carbonyl (C=O) groups excluding carboxylic acids is 2. The lowest BCUT2D eigenvalue weighted by Crippen LogP contribution is -2.28. The summed E-state index contributed by atoms with van der Waals surface area (Å²) in [4.78, 5) is 23.4. The zero-order valence-corrected chi connectivity index (χ0v) is 14.3. The summed E-state index contributed by atoms with van der Waals surface area (Å²) in [5, 5.41) is 5.46. The van der Waals surface area contributed by atoms with Gasteiger partial charge in [0.2, 0.25) is 0 Å². The van der Waals surface area contributed by atoms with E-state index in [1.807, 2.05) is 0 Å². The van der Waals surface area contributed by atoms with E-state index in [4.69, 9.17) is 9.47 Å². The Bertz CT molecular complexity index is 744. The molecule has 0 saturated carbocycles. The summed E-state index contributed by atoms with van der Waals surface area (Å²) < 4.78 is 15.0. The van der Waals surface area contributed by atoms with E-state index >= 15 is 0 Å². The van der Waals surface area contributed by atoms with Crippen LogP contribution >= 0.6 is 0 Å². The highest BCUT2D eigenvalue weighted by atomic mass is 16.5. The molecule has 0 fully saturated rings. The van der Waals surface area contributed by atoms with Gasteiger partial charge < -0.3 is 24.8 Å². The number of anilines is 1. The third-order valence-electron chi connectivity index (χ3n) is 3.47. The van der Waals surface area contributed by atoms with Crippen molar-refractivity contribution in [3.05, 3.63) is 53.6 Å². The molecule has 2 aromatic rings. The number of hydrogen-bond donors (Lipinski definition) is 2. The summed E-state index contributed by atoms with van der Waals surface area (Å²) in [6.07, 6.45) is 0. The van der Waals surface area contributed by atoms with Gasteiger partial charge in [-0.3, -0.25) is 0 Å². The molecule has 7 heteroatoms. The van der Waals surface area contributed by atoms with Gasteiger partial charge in [-0.05, 0) is 29.8 Å². The molecule has 132 valence electrons. The largest absolute Gasteiger partial charge is 0.493 e. The minimum absolute atomic E-state index is 0.320. The van der Waals surface area contributed by atoms with Crippen molar-refractivity contribution >= 4 is 17.7 Å². The van der Waals surface area contributed by atoms with Gasteiger partial charge in [0.05, 0.1) is 26.9 Å². The maximum Gasteiger partial charge on any atom is 0.337 e. The van der Waals surface area contributed by atoms with Crippen LogP contribution in [0.4, 0.5) is 10.5 Å². The molecule has 0 saturated heterocycles. The predicted octanol–water partition coefficient (Wildman–Crippen LogP) is 2.81. The van der Waals surface area contributed by atoms with Crippen molar-refractivity contribution in [1.29, 1.82) is 0 Å². The lowest BCUT2D eigenvalue weighted by Gasteiger charge is -2.11. The molecule has 25 heavy (non-hydrogen) atoms. The third kappa shape index (κ3) is 4.87. The second kappa shape index (κ2) is 8.58. The number of urea groups is 1. The molecule has 0 spiro atoms. The number of carbonyl (C=O) groups is 2. The fourth-order valence-electron chi connectivity index (χ4n) is 2.15. The Morgan fingerprint density at radius 1 is 0.920 bits per heavy atom. The van der Waals surface area contributed by atoms with Crippen molar-refractivity contribution in [1.82, 2.24) is 5.32 Å². The smallest absolute Gasteiger partial charge is 0.337 e. The maximum absolute atomic E-state index is 12.0. The predicted molar refractivity (Wildman–Crippen MR) is 93.2 cm³/mol. The van der Waals surface area contributed by atoms with E-state index in [-0.39, 0.29) is 6.03 Å². The fraction of sp³-hybridized carbons (Fsp3) is 0.222. The van der Waals surface area contributed by atoms with Crippen molar-refractivity contribution in [2.75, 3.05) is 26.6 Å². The first kappa shape index (κ1) is 18.1. The minimum atomic E-state index is -0.397. The standard InChI is InChI=1S/C18H20N2O5/c1-23-15-9-8-14(10-16(15)24-2)20-18(22)19-11-12-4-6-13(7-5-12)17(21)25-3/h4-10H,11H2,1-3H3,(H2,19,20,22). The highest BCUT2D eigenvalue weighted by Crippen LogP contribution is 2.29. The van der Waals surface area contributed by atoms with E-state index in [1.165, 1.54) is 14.2 Å². The summed E-state index contributed by atoms with van der Waals surface area (Å²) in [6, 6.07) is 11.5. The van der Waals surface area contributed by atoms with E-state index < -0.39 is 5.97 Å². The second-order valence-electron chi connectivity index (χ2n) is 5.07. The Balaban J connectivity index is 1.91. The average molecular weight is 344 g/mol. The Hall–Kier alpha value is -3.22. The van der Waals surface area contributed by atoms with E-state index in [9.17, 15) is 9.59 Å². The van der Waals surface area contributed by atoms with Crippen molar-refractivity contribution in [3.63, 3.8) is 0 Å². The summed E-state index contributed by atoms with van der Waals surface area (Å²) >= 11 is 0. The zero-order chi connectivity index (χ0) is 18.2. The van der Waals surface area contributed by atoms with Gasteiger partial charge in [-0.25, -0.2) is 9.59 Å². The van der Waals surface area contributed by atoms with Crippen LogP contribution in [0.5, 0.6) is 11.5 Å². The lowest BCUT2D eigenvalue weighted by molar-refractivity contribution is 0.0600. The topological polar surface area (TPSA) is 85.9 Å². The molecule has 0 aliphatic rings. The molecule has 2 amide bonds. The molecule has 7 nitrogen and oxygen atoms in total. The van der Waals surface area contributed by atoms with E-state index in [0.717, 1.165) is 5.56 Å². The Morgan fingerprint density at radius 3 is 2.20 bits per heavy atom. The SMILES string of the molecule is COC(=O)c1ccc(CNC(=O)Nc2ccc(OC)c(OC)c2)cc1. The zero-order valence-electron chi connectivity index (χ0n) is 14.3. The Kier molecular flexibility index (Phi) is 6.22. The van der Waals surface area contributed by atoms with Gasteiger partial charge in [-0.2, -0.15) is 0 Å². The van der Waals surface area contributed by atoms with Crippen LogP contribution in [-0.4, -0.2) is 33.3 Å². The summed E-state index contributed by atoms with van der Waals surface area (Å²) in [5.74, 6) is 0.712.